The number of nitrogens with zero attached hydrogens (tertiary/aromatic N) is 4. The van der Waals surface area contributed by atoms with Crippen molar-refractivity contribution >= 4 is 22.5 Å². The van der Waals surface area contributed by atoms with Crippen LogP contribution in [0.15, 0.2) is 59.5 Å². The number of carbonyl (C=O) groups is 1. The Kier molecular flexibility index (Phi) is 5.47. The van der Waals surface area contributed by atoms with Gasteiger partial charge in [-0.2, -0.15) is 0 Å². The van der Waals surface area contributed by atoms with Crippen LogP contribution >= 0.6 is 0 Å². The third kappa shape index (κ3) is 4.14. The Hall–Kier alpha value is -3.85. The fourth-order valence-electron chi connectivity index (χ4n) is 4.06. The molecule has 8 nitrogen and oxygen atoms in total. The summed E-state index contributed by atoms with van der Waals surface area (Å²) in [5.74, 6) is -0.319. The zero-order valence-electron chi connectivity index (χ0n) is 18.0. The molecule has 0 unspecified atom stereocenters. The summed E-state index contributed by atoms with van der Waals surface area (Å²) in [7, 11) is 1.77. The van der Waals surface area contributed by atoms with E-state index in [1.807, 2.05) is 24.3 Å². The van der Waals surface area contributed by atoms with Crippen LogP contribution in [0.3, 0.4) is 0 Å². The van der Waals surface area contributed by atoms with Gasteiger partial charge in [-0.25, -0.2) is 9.07 Å². The molecule has 2 aromatic carbocycles. The Morgan fingerprint density at radius 3 is 2.67 bits per heavy atom. The fraction of sp³-hybridized carbons (Fsp3) is 0.250. The molecule has 4 aromatic rings. The number of anilines is 1. The van der Waals surface area contributed by atoms with Crippen LogP contribution in [0.2, 0.25) is 0 Å². The average Bonchev–Trinajstić information content (AvgIpc) is 3.33. The van der Waals surface area contributed by atoms with Crippen LogP contribution < -0.4 is 10.5 Å². The molecule has 1 N–H and O–H groups in total. The Balaban J connectivity index is 1.38. The highest BCUT2D eigenvalue weighted by Gasteiger charge is 2.25. The average molecular weight is 447 g/mol. The maximum absolute atomic E-state index is 13.6. The Labute approximate surface area is 188 Å². The number of carbonyl (C=O) groups excluding carboxylic acids is 1. The number of hydrogen-bond acceptors (Lipinski definition) is 5. The second-order valence-corrected chi connectivity index (χ2v) is 8.09. The number of halogens is 1. The topological polar surface area (TPSA) is 93.1 Å². The second-order valence-electron chi connectivity index (χ2n) is 8.09. The summed E-state index contributed by atoms with van der Waals surface area (Å²) in [4.78, 5) is 29.7. The highest BCUT2D eigenvalue weighted by Crippen LogP contribution is 2.23. The first kappa shape index (κ1) is 21.0. The summed E-state index contributed by atoms with van der Waals surface area (Å²) < 4.78 is 20.5. The van der Waals surface area contributed by atoms with Crippen LogP contribution in [0.1, 0.15) is 12.8 Å². The van der Waals surface area contributed by atoms with Gasteiger partial charge in [0, 0.05) is 42.8 Å². The van der Waals surface area contributed by atoms with Crippen LogP contribution in [0.25, 0.3) is 27.8 Å². The maximum Gasteiger partial charge on any atom is 0.258 e. The fourth-order valence-corrected chi connectivity index (χ4v) is 4.06. The van der Waals surface area contributed by atoms with Crippen molar-refractivity contribution in [2.75, 3.05) is 25.2 Å². The predicted molar refractivity (Wildman–Crippen MR) is 122 cm³/mol. The minimum atomic E-state index is -0.385. The van der Waals surface area contributed by atoms with Gasteiger partial charge in [-0.15, -0.1) is 5.10 Å². The summed E-state index contributed by atoms with van der Waals surface area (Å²) in [5.41, 5.74) is 2.41. The summed E-state index contributed by atoms with van der Waals surface area (Å²) in [6, 6.07) is 13.1. The van der Waals surface area contributed by atoms with Crippen molar-refractivity contribution in [3.63, 3.8) is 0 Å². The maximum atomic E-state index is 13.6. The molecule has 0 radical (unpaired) electrons. The highest BCUT2D eigenvalue weighted by molar-refractivity contribution is 5.94. The molecule has 1 aliphatic heterocycles. The number of aromatic nitrogens is 4. The SMILES string of the molecule is CN(C(=O)C1CCOCC1)c1ccc(-n2cc(-c3cc4cc(F)ccc4[nH]c3=O)nn2)cc1. The van der Waals surface area contributed by atoms with Crippen molar-refractivity contribution in [3.05, 3.63) is 70.9 Å². The molecule has 1 saturated heterocycles. The number of rotatable bonds is 4. The summed E-state index contributed by atoms with van der Waals surface area (Å²) in [5, 5.41) is 8.82. The van der Waals surface area contributed by atoms with E-state index in [0.717, 1.165) is 24.2 Å². The van der Waals surface area contributed by atoms with Crippen LogP contribution in [0.5, 0.6) is 0 Å². The van der Waals surface area contributed by atoms with Crippen molar-refractivity contribution in [2.45, 2.75) is 12.8 Å². The number of benzene rings is 2. The zero-order chi connectivity index (χ0) is 22.9. The lowest BCUT2D eigenvalue weighted by atomic mass is 9.98. The molecule has 33 heavy (non-hydrogen) atoms. The van der Waals surface area contributed by atoms with Gasteiger partial charge >= 0.3 is 0 Å². The van der Waals surface area contributed by atoms with E-state index in [1.54, 1.807) is 28.9 Å². The molecular weight excluding hydrogens is 425 g/mol. The van der Waals surface area contributed by atoms with Crippen molar-refractivity contribution in [1.82, 2.24) is 20.0 Å². The van der Waals surface area contributed by atoms with E-state index in [-0.39, 0.29) is 23.2 Å². The third-order valence-corrected chi connectivity index (χ3v) is 5.98. The number of ether oxygens (including phenoxy) is 1. The van der Waals surface area contributed by atoms with Crippen molar-refractivity contribution in [2.24, 2.45) is 5.92 Å². The van der Waals surface area contributed by atoms with E-state index in [1.165, 1.54) is 18.2 Å². The van der Waals surface area contributed by atoms with E-state index in [4.69, 9.17) is 4.74 Å². The number of fused-ring (bicyclic) bond motifs is 1. The lowest BCUT2D eigenvalue weighted by Crippen LogP contribution is -2.35. The van der Waals surface area contributed by atoms with Crippen LogP contribution in [0, 0.1) is 11.7 Å². The predicted octanol–water partition coefficient (Wildman–Crippen LogP) is 3.30. The largest absolute Gasteiger partial charge is 0.381 e. The number of aromatic amines is 1. The molecule has 3 heterocycles. The van der Waals surface area contributed by atoms with Gasteiger partial charge in [0.2, 0.25) is 5.91 Å². The quantitative estimate of drug-likeness (QED) is 0.518. The van der Waals surface area contributed by atoms with E-state index < -0.39 is 0 Å². The number of hydrogen-bond donors (Lipinski definition) is 1. The van der Waals surface area contributed by atoms with Gasteiger partial charge in [0.25, 0.3) is 5.56 Å². The molecular formula is C24H22FN5O3. The molecule has 0 atom stereocenters. The molecule has 1 amide bonds. The van der Waals surface area contributed by atoms with Crippen LogP contribution in [0.4, 0.5) is 10.1 Å². The molecule has 5 rings (SSSR count). The van der Waals surface area contributed by atoms with Gasteiger partial charge in [0.15, 0.2) is 0 Å². The molecule has 0 spiro atoms. The lowest BCUT2D eigenvalue weighted by Gasteiger charge is -2.26. The first-order chi connectivity index (χ1) is 16.0. The Bertz CT molecular complexity index is 1370. The zero-order valence-corrected chi connectivity index (χ0v) is 18.0. The molecule has 1 aliphatic rings. The number of nitrogens with one attached hydrogen (secondary N) is 1. The summed E-state index contributed by atoms with van der Waals surface area (Å²) >= 11 is 0. The third-order valence-electron chi connectivity index (χ3n) is 5.98. The van der Waals surface area contributed by atoms with Gasteiger partial charge in [0.05, 0.1) is 17.4 Å². The van der Waals surface area contributed by atoms with Gasteiger partial charge in [-0.1, -0.05) is 5.21 Å². The first-order valence-electron chi connectivity index (χ1n) is 10.7. The normalized spacial score (nSPS) is 14.5. The molecule has 0 bridgehead atoms. The monoisotopic (exact) mass is 447 g/mol. The minimum Gasteiger partial charge on any atom is -0.381 e. The van der Waals surface area contributed by atoms with Crippen LogP contribution in [-0.2, 0) is 9.53 Å². The first-order valence-corrected chi connectivity index (χ1v) is 10.7. The van der Waals surface area contributed by atoms with E-state index in [2.05, 4.69) is 15.3 Å². The molecule has 0 aliphatic carbocycles. The van der Waals surface area contributed by atoms with E-state index >= 15 is 0 Å². The van der Waals surface area contributed by atoms with Crippen LogP contribution in [-0.4, -0.2) is 46.1 Å². The molecule has 0 saturated carbocycles. The van der Waals surface area contributed by atoms with Crippen molar-refractivity contribution in [1.29, 1.82) is 0 Å². The summed E-state index contributed by atoms with van der Waals surface area (Å²) in [6.45, 7) is 1.24. The molecule has 9 heteroatoms. The highest BCUT2D eigenvalue weighted by atomic mass is 19.1. The van der Waals surface area contributed by atoms with Crippen molar-refractivity contribution in [3.8, 4) is 16.9 Å². The standard InChI is InChI=1S/C24H22FN5O3/c1-29(24(32)15-8-10-33-11-9-15)18-3-5-19(6-4-18)30-14-22(27-28-30)20-13-16-12-17(25)2-7-21(16)26-23(20)31/h2-7,12-15H,8-11H2,1H3,(H,26,31). The van der Waals surface area contributed by atoms with E-state index in [9.17, 15) is 14.0 Å². The van der Waals surface area contributed by atoms with Crippen molar-refractivity contribution < 1.29 is 13.9 Å². The lowest BCUT2D eigenvalue weighted by molar-refractivity contribution is -0.124. The number of pyridine rings is 1. The van der Waals surface area contributed by atoms with Gasteiger partial charge in [-0.3, -0.25) is 9.59 Å². The van der Waals surface area contributed by atoms with Gasteiger partial charge in [0.1, 0.15) is 11.5 Å². The smallest absolute Gasteiger partial charge is 0.258 e. The van der Waals surface area contributed by atoms with Gasteiger partial charge in [-0.05, 0) is 61.4 Å². The number of amides is 1. The Morgan fingerprint density at radius 2 is 1.91 bits per heavy atom. The second kappa shape index (κ2) is 8.59. The Morgan fingerprint density at radius 1 is 1.15 bits per heavy atom. The molecule has 1 fully saturated rings. The number of H-pyrrole nitrogens is 1. The van der Waals surface area contributed by atoms with E-state index in [0.29, 0.717) is 35.4 Å². The molecule has 2 aromatic heterocycles. The summed E-state index contributed by atoms with van der Waals surface area (Å²) in [6.07, 6.45) is 3.12. The van der Waals surface area contributed by atoms with Gasteiger partial charge < -0.3 is 14.6 Å². The minimum absolute atomic E-state index is 0.0187. The molecule has 168 valence electrons.